The quantitative estimate of drug-likeness (QED) is 0.571. The van der Waals surface area contributed by atoms with Gasteiger partial charge in [-0.15, -0.1) is 0 Å². The molecule has 0 aromatic rings. The Morgan fingerprint density at radius 3 is 1.11 bits per heavy atom. The number of nitrogens with one attached hydrogen (secondary N) is 2. The van der Waals surface area contributed by atoms with Crippen molar-refractivity contribution in [3.8, 4) is 0 Å². The highest BCUT2D eigenvalue weighted by Gasteiger charge is 2.48. The van der Waals surface area contributed by atoms with Gasteiger partial charge in [-0.1, -0.05) is 0 Å². The fraction of sp³-hybridized carbons (Fsp3) is 1.00. The van der Waals surface area contributed by atoms with E-state index in [-0.39, 0.29) is 12.1 Å². The first-order valence-electron chi connectivity index (χ1n) is 9.66. The minimum Gasteiger partial charge on any atom is -0.313 e. The molecule has 0 unspecified atom stereocenters. The normalized spacial score (nSPS) is 29.7. The van der Waals surface area contributed by atoms with Crippen LogP contribution in [-0.4, -0.2) is 63.2 Å². The van der Waals surface area contributed by atoms with Gasteiger partial charge in [0.15, 0.2) is 0 Å². The Labute approximate surface area is 164 Å². The molecule has 2 aliphatic heterocycles. The van der Waals surface area contributed by atoms with Crippen molar-refractivity contribution in [1.29, 1.82) is 0 Å². The van der Waals surface area contributed by atoms with Gasteiger partial charge in [0.1, 0.15) is 0 Å². The van der Waals surface area contributed by atoms with Gasteiger partial charge in [0.25, 0.3) is 10.2 Å². The van der Waals surface area contributed by atoms with Gasteiger partial charge in [-0.3, -0.25) is 0 Å². The van der Waals surface area contributed by atoms with Crippen LogP contribution in [0.1, 0.15) is 81.1 Å². The fourth-order valence-corrected chi connectivity index (χ4v) is 6.46. The molecule has 0 spiro atoms. The monoisotopic (exact) mass is 406 g/mol. The molecule has 2 rings (SSSR count). The molecule has 0 radical (unpaired) electrons. The molecule has 0 aromatic heterocycles. The highest BCUT2D eigenvalue weighted by molar-refractivity contribution is 7.87. The molecule has 2 fully saturated rings. The lowest BCUT2D eigenvalue weighted by Gasteiger charge is -2.52. The van der Waals surface area contributed by atoms with Gasteiger partial charge in [-0.05, 0) is 81.1 Å². The maximum absolute atomic E-state index is 12.8. The summed E-state index contributed by atoms with van der Waals surface area (Å²) in [5, 5.41) is 23.5. The molecule has 9 heteroatoms. The molecule has 0 amide bonds. The van der Waals surface area contributed by atoms with E-state index < -0.39 is 32.4 Å². The Morgan fingerprint density at radius 1 is 0.667 bits per heavy atom. The average Bonchev–Trinajstić information content (AvgIpc) is 2.39. The SMILES string of the molecule is CC1(C)CC(NS(=O)(=O)NC2CC(C)(C)N(O)C(C)(C)C2)CC(C)(C)N1O. The molecule has 0 aromatic carbocycles. The van der Waals surface area contributed by atoms with E-state index in [1.54, 1.807) is 0 Å². The summed E-state index contributed by atoms with van der Waals surface area (Å²) in [7, 11) is -3.72. The Bertz CT molecular complexity index is 574. The Kier molecular flexibility index (Phi) is 5.87. The Balaban J connectivity index is 2.09. The van der Waals surface area contributed by atoms with E-state index in [9.17, 15) is 18.8 Å². The zero-order valence-electron chi connectivity index (χ0n) is 18.0. The maximum atomic E-state index is 12.8. The summed E-state index contributed by atoms with van der Waals surface area (Å²) < 4.78 is 31.2. The van der Waals surface area contributed by atoms with Crippen LogP contribution in [0.5, 0.6) is 0 Å². The van der Waals surface area contributed by atoms with Gasteiger partial charge in [-0.25, -0.2) is 0 Å². The molecule has 2 heterocycles. The fourth-order valence-electron chi connectivity index (χ4n) is 5.18. The van der Waals surface area contributed by atoms with E-state index >= 15 is 0 Å². The van der Waals surface area contributed by atoms with E-state index in [4.69, 9.17) is 0 Å². The Hall–Kier alpha value is -0.290. The highest BCUT2D eigenvalue weighted by atomic mass is 32.2. The molecule has 160 valence electrons. The van der Waals surface area contributed by atoms with Crippen LogP contribution in [0.3, 0.4) is 0 Å². The molecule has 0 atom stereocenters. The van der Waals surface area contributed by atoms with E-state index in [2.05, 4.69) is 9.44 Å². The third kappa shape index (κ3) is 5.01. The van der Waals surface area contributed by atoms with E-state index in [0.717, 1.165) is 0 Å². The van der Waals surface area contributed by atoms with Crippen molar-refractivity contribution in [2.45, 2.75) is 115 Å². The zero-order valence-corrected chi connectivity index (χ0v) is 18.8. The zero-order chi connectivity index (χ0) is 21.1. The number of rotatable bonds is 4. The second-order valence-corrected chi connectivity index (χ2v) is 12.3. The number of nitrogens with zero attached hydrogens (tertiary/aromatic N) is 2. The van der Waals surface area contributed by atoms with Crippen LogP contribution in [0.15, 0.2) is 0 Å². The van der Waals surface area contributed by atoms with Crippen LogP contribution >= 0.6 is 0 Å². The first-order chi connectivity index (χ1) is 11.9. The highest BCUT2D eigenvalue weighted by Crippen LogP contribution is 2.38. The summed E-state index contributed by atoms with van der Waals surface area (Å²) in [6.07, 6.45) is 2.06. The van der Waals surface area contributed by atoms with Gasteiger partial charge in [0.2, 0.25) is 0 Å². The second-order valence-electron chi connectivity index (χ2n) is 10.8. The molecule has 0 bridgehead atoms. The van der Waals surface area contributed by atoms with E-state index in [1.165, 1.54) is 10.1 Å². The summed E-state index contributed by atoms with van der Waals surface area (Å²) in [6, 6.07) is -0.537. The number of hydroxylamine groups is 4. The summed E-state index contributed by atoms with van der Waals surface area (Å²) >= 11 is 0. The molecular formula is C18H38N4O4S. The van der Waals surface area contributed by atoms with Gasteiger partial charge in [-0.2, -0.15) is 28.0 Å². The van der Waals surface area contributed by atoms with Crippen molar-refractivity contribution in [1.82, 2.24) is 19.6 Å². The molecule has 2 saturated heterocycles. The summed E-state index contributed by atoms with van der Waals surface area (Å²) in [4.78, 5) is 0. The van der Waals surface area contributed by atoms with Crippen LogP contribution in [0, 0.1) is 0 Å². The number of hydrogen-bond acceptors (Lipinski definition) is 6. The van der Waals surface area contributed by atoms with Crippen LogP contribution in [0.4, 0.5) is 0 Å². The van der Waals surface area contributed by atoms with Gasteiger partial charge < -0.3 is 10.4 Å². The minimum absolute atomic E-state index is 0.269. The lowest BCUT2D eigenvalue weighted by molar-refractivity contribution is -0.245. The molecule has 8 nitrogen and oxygen atoms in total. The lowest BCUT2D eigenvalue weighted by Crippen LogP contribution is -2.65. The van der Waals surface area contributed by atoms with E-state index in [1.807, 2.05) is 55.4 Å². The van der Waals surface area contributed by atoms with Crippen molar-refractivity contribution in [3.05, 3.63) is 0 Å². The van der Waals surface area contributed by atoms with E-state index in [0.29, 0.717) is 25.7 Å². The van der Waals surface area contributed by atoms with Gasteiger partial charge in [0, 0.05) is 34.2 Å². The number of hydrogen-bond donors (Lipinski definition) is 4. The van der Waals surface area contributed by atoms with Crippen LogP contribution in [0.25, 0.3) is 0 Å². The largest absolute Gasteiger partial charge is 0.313 e. The molecular weight excluding hydrogens is 368 g/mol. The van der Waals surface area contributed by atoms with Gasteiger partial charge >= 0.3 is 0 Å². The molecule has 2 aliphatic rings. The summed E-state index contributed by atoms with van der Waals surface area (Å²) in [5.74, 6) is 0. The molecule has 0 saturated carbocycles. The molecule has 27 heavy (non-hydrogen) atoms. The van der Waals surface area contributed by atoms with Crippen LogP contribution in [0.2, 0.25) is 0 Å². The predicted octanol–water partition coefficient (Wildman–Crippen LogP) is 2.23. The summed E-state index contributed by atoms with van der Waals surface area (Å²) in [5.41, 5.74) is -2.11. The smallest absolute Gasteiger partial charge is 0.277 e. The number of piperidine rings is 2. The van der Waals surface area contributed by atoms with Gasteiger partial charge in [0.05, 0.1) is 0 Å². The van der Waals surface area contributed by atoms with Crippen molar-refractivity contribution in [3.63, 3.8) is 0 Å². The topological polar surface area (TPSA) is 105 Å². The standard InChI is InChI=1S/C18H38N4O4S/c1-15(2)9-13(10-16(3,4)21(15)23)19-27(25,26)20-14-11-17(5,6)22(24)18(7,8)12-14/h13-14,19-20,23-24H,9-12H2,1-8H3. The minimum atomic E-state index is -3.72. The summed E-state index contributed by atoms with van der Waals surface area (Å²) in [6.45, 7) is 15.3. The predicted molar refractivity (Wildman–Crippen MR) is 105 cm³/mol. The second kappa shape index (κ2) is 6.90. The maximum Gasteiger partial charge on any atom is 0.277 e. The van der Waals surface area contributed by atoms with Crippen LogP contribution < -0.4 is 9.44 Å². The van der Waals surface area contributed by atoms with Crippen molar-refractivity contribution in [2.24, 2.45) is 0 Å². The first-order valence-corrected chi connectivity index (χ1v) is 11.1. The first kappa shape index (κ1) is 23.0. The Morgan fingerprint density at radius 2 is 0.889 bits per heavy atom. The lowest BCUT2D eigenvalue weighted by atomic mass is 9.79. The third-order valence-corrected chi connectivity index (χ3v) is 7.21. The van der Waals surface area contributed by atoms with Crippen molar-refractivity contribution in [2.75, 3.05) is 0 Å². The van der Waals surface area contributed by atoms with Crippen LogP contribution in [-0.2, 0) is 10.2 Å². The molecule has 0 aliphatic carbocycles. The molecule has 4 N–H and O–H groups in total. The van der Waals surface area contributed by atoms with Crippen molar-refractivity contribution < 1.29 is 18.8 Å². The average molecular weight is 407 g/mol. The van der Waals surface area contributed by atoms with Crippen molar-refractivity contribution >= 4 is 10.2 Å². The third-order valence-electron chi connectivity index (χ3n) is 5.92.